The van der Waals surface area contributed by atoms with Crippen molar-refractivity contribution in [2.24, 2.45) is 22.1 Å². The maximum absolute atomic E-state index is 14.9. The zero-order chi connectivity index (χ0) is 35.2. The summed E-state index contributed by atoms with van der Waals surface area (Å²) in [6, 6.07) is 0. The van der Waals surface area contributed by atoms with Gasteiger partial charge in [-0.25, -0.2) is 14.6 Å². The third-order valence-corrected chi connectivity index (χ3v) is 9.93. The molecule has 48 heavy (non-hydrogen) atoms. The Balaban J connectivity index is 1.28. The molecule has 5 rings (SSSR count). The van der Waals surface area contributed by atoms with Crippen LogP contribution in [-0.2, 0) is 42.9 Å². The molecular formula is C33H39F2N3O10. The zero-order valence-corrected chi connectivity index (χ0v) is 27.1. The number of rotatable bonds is 8. The minimum atomic E-state index is -3.76. The maximum Gasteiger partial charge on any atom is 0.333 e. The number of carbonyl (C=O) groups excluding carboxylic acids is 4. The number of carbonyl (C=O) groups is 4. The Labute approximate surface area is 275 Å². The molecule has 0 amide bonds. The molecule has 2 aliphatic carbocycles. The van der Waals surface area contributed by atoms with E-state index in [0.29, 0.717) is 18.4 Å². The lowest BCUT2D eigenvalue weighted by molar-refractivity contribution is -0.235. The van der Waals surface area contributed by atoms with Crippen molar-refractivity contribution in [2.75, 3.05) is 13.7 Å². The Morgan fingerprint density at radius 1 is 1.27 bits per heavy atom. The van der Waals surface area contributed by atoms with Crippen LogP contribution in [0.15, 0.2) is 65.1 Å². The number of hydrogen-bond acceptors (Lipinski definition) is 13. The summed E-state index contributed by atoms with van der Waals surface area (Å²) >= 11 is 0. The van der Waals surface area contributed by atoms with Crippen molar-refractivity contribution in [1.82, 2.24) is 4.90 Å². The molecular weight excluding hydrogens is 636 g/mol. The Kier molecular flexibility index (Phi) is 9.16. The number of nitrogens with zero attached hydrogens (tertiary/aromatic N) is 2. The number of nitrogens with two attached hydrogens (primary N) is 1. The van der Waals surface area contributed by atoms with Gasteiger partial charge in [0.05, 0.1) is 7.11 Å². The molecule has 2 unspecified atom stereocenters. The summed E-state index contributed by atoms with van der Waals surface area (Å²) in [5.41, 5.74) is 2.34. The Hall–Kier alpha value is -4.37. The van der Waals surface area contributed by atoms with Crippen LogP contribution in [-0.4, -0.2) is 89.0 Å². The molecule has 3 heterocycles. The van der Waals surface area contributed by atoms with E-state index in [4.69, 9.17) is 29.4 Å². The number of cyclic esters (lactones) is 1. The van der Waals surface area contributed by atoms with Gasteiger partial charge in [0, 0.05) is 30.2 Å². The molecule has 15 heteroatoms. The molecule has 13 nitrogen and oxygen atoms in total. The first-order chi connectivity index (χ1) is 22.5. The van der Waals surface area contributed by atoms with Gasteiger partial charge >= 0.3 is 29.8 Å². The first kappa shape index (κ1) is 35.0. The Morgan fingerprint density at radius 3 is 2.67 bits per heavy atom. The molecule has 0 radical (unpaired) electrons. The van der Waals surface area contributed by atoms with Crippen LogP contribution in [0.5, 0.6) is 0 Å². The first-order valence-corrected chi connectivity index (χ1v) is 15.5. The van der Waals surface area contributed by atoms with Gasteiger partial charge in [-0.3, -0.25) is 9.59 Å². The van der Waals surface area contributed by atoms with E-state index in [0.717, 1.165) is 4.90 Å². The SMILES string of the molecule is C=C1N=C(N)C=CN1C1OC(COC(=O)/C(C)=C/C=C/[C@@]2(C)OC(=O)[C@]34CC=C(C(=O)OC)CC[C@]3(OC(C)=O)[C@H]2CC4)[C@H](O)C1(F)F. The van der Waals surface area contributed by atoms with Gasteiger partial charge in [-0.1, -0.05) is 24.8 Å². The van der Waals surface area contributed by atoms with E-state index in [9.17, 15) is 33.1 Å². The van der Waals surface area contributed by atoms with Crippen molar-refractivity contribution in [2.45, 2.75) is 88.4 Å². The molecule has 7 atom stereocenters. The van der Waals surface area contributed by atoms with Crippen LogP contribution in [0.4, 0.5) is 8.78 Å². The number of ether oxygens (including phenoxy) is 5. The average molecular weight is 676 g/mol. The number of hydrogen-bond donors (Lipinski definition) is 2. The quantitative estimate of drug-likeness (QED) is 0.167. The number of aliphatic hydroxyl groups excluding tert-OH is 1. The summed E-state index contributed by atoms with van der Waals surface area (Å²) in [6.07, 6.45) is 4.26. The first-order valence-electron chi connectivity index (χ1n) is 15.5. The second-order valence-electron chi connectivity index (χ2n) is 12.8. The van der Waals surface area contributed by atoms with E-state index in [1.165, 1.54) is 45.4 Å². The van der Waals surface area contributed by atoms with Crippen molar-refractivity contribution < 1.29 is 56.7 Å². The molecule has 2 bridgehead atoms. The molecule has 3 N–H and O–H groups in total. The molecule has 2 saturated heterocycles. The van der Waals surface area contributed by atoms with E-state index in [-0.39, 0.29) is 36.5 Å². The number of methoxy groups -OCH3 is 1. The van der Waals surface area contributed by atoms with Crippen molar-refractivity contribution in [3.05, 3.63) is 60.1 Å². The van der Waals surface area contributed by atoms with Crippen LogP contribution in [0.25, 0.3) is 0 Å². The molecule has 0 aromatic carbocycles. The van der Waals surface area contributed by atoms with Crippen LogP contribution < -0.4 is 5.73 Å². The molecule has 3 fully saturated rings. The molecule has 5 aliphatic rings. The molecule has 1 saturated carbocycles. The van der Waals surface area contributed by atoms with Gasteiger partial charge in [-0.15, -0.1) is 0 Å². The summed E-state index contributed by atoms with van der Waals surface area (Å²) in [7, 11) is 1.27. The van der Waals surface area contributed by atoms with Gasteiger partial charge < -0.3 is 39.4 Å². The largest absolute Gasteiger partial charge is 0.466 e. The lowest BCUT2D eigenvalue weighted by Gasteiger charge is -2.54. The highest BCUT2D eigenvalue weighted by molar-refractivity contribution is 5.93. The maximum atomic E-state index is 14.9. The molecule has 3 aliphatic heterocycles. The fraction of sp³-hybridized carbons (Fsp3) is 0.545. The number of amidine groups is 1. The van der Waals surface area contributed by atoms with E-state index >= 15 is 0 Å². The normalized spacial score (nSPS) is 35.7. The van der Waals surface area contributed by atoms with Crippen molar-refractivity contribution in [1.29, 1.82) is 0 Å². The van der Waals surface area contributed by atoms with Crippen LogP contribution >= 0.6 is 0 Å². The van der Waals surface area contributed by atoms with E-state index in [1.54, 1.807) is 19.1 Å². The summed E-state index contributed by atoms with van der Waals surface area (Å²) in [5.74, 6) is -6.80. The van der Waals surface area contributed by atoms with Gasteiger partial charge in [-0.2, -0.15) is 8.78 Å². The lowest BCUT2D eigenvalue weighted by Crippen LogP contribution is -2.65. The topological polar surface area (TPSA) is 176 Å². The number of aliphatic imine (C=N–C) groups is 1. The predicted molar refractivity (Wildman–Crippen MR) is 163 cm³/mol. The van der Waals surface area contributed by atoms with Crippen molar-refractivity contribution in [3.63, 3.8) is 0 Å². The van der Waals surface area contributed by atoms with Crippen LogP contribution in [0, 0.1) is 11.3 Å². The number of alkyl halides is 2. The van der Waals surface area contributed by atoms with Gasteiger partial charge in [-0.05, 0) is 58.1 Å². The van der Waals surface area contributed by atoms with Gasteiger partial charge in [0.2, 0.25) is 6.23 Å². The predicted octanol–water partition coefficient (Wildman–Crippen LogP) is 2.71. The van der Waals surface area contributed by atoms with Gasteiger partial charge in [0.1, 0.15) is 41.0 Å². The lowest BCUT2D eigenvalue weighted by atomic mass is 9.62. The molecule has 260 valence electrons. The second-order valence-corrected chi connectivity index (χ2v) is 12.8. The summed E-state index contributed by atoms with van der Waals surface area (Å²) < 4.78 is 57.4. The summed E-state index contributed by atoms with van der Waals surface area (Å²) in [6.45, 7) is 7.30. The van der Waals surface area contributed by atoms with E-state index in [1.807, 2.05) is 0 Å². The Bertz CT molecular complexity index is 1570. The highest BCUT2D eigenvalue weighted by Crippen LogP contribution is 2.65. The van der Waals surface area contributed by atoms with E-state index in [2.05, 4.69) is 11.6 Å². The van der Waals surface area contributed by atoms with E-state index < -0.39 is 77.4 Å². The summed E-state index contributed by atoms with van der Waals surface area (Å²) in [4.78, 5) is 56.1. The number of esters is 4. The van der Waals surface area contributed by atoms with Crippen molar-refractivity contribution in [3.8, 4) is 0 Å². The highest BCUT2D eigenvalue weighted by atomic mass is 19.3. The third kappa shape index (κ3) is 5.72. The van der Waals surface area contributed by atoms with Gasteiger partial charge in [0.25, 0.3) is 0 Å². The molecule has 0 aromatic rings. The third-order valence-electron chi connectivity index (χ3n) is 9.93. The highest BCUT2D eigenvalue weighted by Gasteiger charge is 2.74. The fourth-order valence-corrected chi connectivity index (χ4v) is 7.53. The van der Waals surface area contributed by atoms with Crippen LogP contribution in [0.2, 0.25) is 0 Å². The monoisotopic (exact) mass is 675 g/mol. The van der Waals surface area contributed by atoms with Crippen LogP contribution in [0.1, 0.15) is 52.9 Å². The second kappa shape index (κ2) is 12.6. The summed E-state index contributed by atoms with van der Waals surface area (Å²) in [5, 5.41) is 10.3. The standard InChI is InChI=1S/C33H39F2N3O10/c1-18(26(41)45-17-22-25(40)33(34,35)28(46-22)38-16-11-24(36)37-19(38)2)7-6-12-30(4)23-10-14-31(29(43)48-30)13-8-21(27(42)44-5)9-15-32(23,31)47-20(3)39/h6-8,11-12,16,22-23,25,28,40H,2,9-10,13-15,17H2,1,3-5H3,(H2,36,37)/b12-6+,18-7+/t22?,23-,25-,28?,30+,31+,32-/m0/s1. The average Bonchev–Trinajstić information content (AvgIpc) is 3.32. The van der Waals surface area contributed by atoms with Gasteiger partial charge in [0.15, 0.2) is 6.10 Å². The smallest absolute Gasteiger partial charge is 0.333 e. The fourth-order valence-electron chi connectivity index (χ4n) is 7.53. The number of allylic oxidation sites excluding steroid dienone is 3. The van der Waals surface area contributed by atoms with Crippen LogP contribution in [0.3, 0.4) is 0 Å². The van der Waals surface area contributed by atoms with Crippen molar-refractivity contribution >= 4 is 29.7 Å². The molecule has 0 aromatic heterocycles. The Morgan fingerprint density at radius 2 is 2.00 bits per heavy atom. The molecule has 0 spiro atoms. The number of aliphatic hydroxyl groups is 1. The minimum absolute atomic E-state index is 0.0618. The number of halogens is 2. The minimum Gasteiger partial charge on any atom is -0.466 e. The zero-order valence-electron chi connectivity index (χ0n) is 27.1.